The molecule has 1 aromatic carbocycles. The summed E-state index contributed by atoms with van der Waals surface area (Å²) in [6.45, 7) is 7.22. The molecule has 0 radical (unpaired) electrons. The molecule has 0 aliphatic rings. The van der Waals surface area contributed by atoms with Crippen molar-refractivity contribution in [3.8, 4) is 0 Å². The number of rotatable bonds is 5. The zero-order valence-electron chi connectivity index (χ0n) is 15.7. The Bertz CT molecular complexity index is 987. The predicted octanol–water partition coefficient (Wildman–Crippen LogP) is 4.58. The summed E-state index contributed by atoms with van der Waals surface area (Å²) < 4.78 is 0.903. The second-order valence-electron chi connectivity index (χ2n) is 7.11. The van der Waals surface area contributed by atoms with Gasteiger partial charge < -0.3 is 10.6 Å². The molecule has 2 heterocycles. The first kappa shape index (κ1) is 19.3. The minimum atomic E-state index is -0.0161. The molecule has 6 heteroatoms. The van der Waals surface area contributed by atoms with Crippen LogP contribution in [0.2, 0.25) is 0 Å². The highest BCUT2D eigenvalue weighted by Crippen LogP contribution is 2.22. The van der Waals surface area contributed by atoms with Gasteiger partial charge in [-0.3, -0.25) is 9.78 Å². The normalized spacial score (nSPS) is 11.1. The van der Waals surface area contributed by atoms with Crippen molar-refractivity contribution in [2.75, 3.05) is 12.3 Å². The summed E-state index contributed by atoms with van der Waals surface area (Å²) in [5, 5.41) is 0.913. The maximum absolute atomic E-state index is 13.2. The molecular formula is C21H23BrN4O. The van der Waals surface area contributed by atoms with Crippen molar-refractivity contribution in [1.82, 2.24) is 14.9 Å². The Morgan fingerprint density at radius 2 is 2.04 bits per heavy atom. The smallest absolute Gasteiger partial charge is 0.254 e. The molecule has 0 aliphatic carbocycles. The van der Waals surface area contributed by atoms with Crippen LogP contribution in [0, 0.1) is 12.8 Å². The Morgan fingerprint density at radius 1 is 1.26 bits per heavy atom. The second kappa shape index (κ2) is 8.05. The van der Waals surface area contributed by atoms with Crippen LogP contribution in [0.25, 0.3) is 10.9 Å². The molecule has 3 rings (SSSR count). The van der Waals surface area contributed by atoms with E-state index in [4.69, 9.17) is 5.73 Å². The van der Waals surface area contributed by atoms with Gasteiger partial charge in [0.15, 0.2) is 0 Å². The molecule has 0 fully saturated rings. The Kier molecular flexibility index (Phi) is 5.75. The number of aromatic nitrogens is 2. The fourth-order valence-corrected chi connectivity index (χ4v) is 3.37. The maximum Gasteiger partial charge on any atom is 0.254 e. The monoisotopic (exact) mass is 426 g/mol. The van der Waals surface area contributed by atoms with Gasteiger partial charge in [-0.05, 0) is 70.7 Å². The zero-order valence-corrected chi connectivity index (χ0v) is 17.3. The molecule has 5 nitrogen and oxygen atoms in total. The van der Waals surface area contributed by atoms with Gasteiger partial charge in [0.1, 0.15) is 5.82 Å². The molecule has 2 aromatic heterocycles. The van der Waals surface area contributed by atoms with Crippen LogP contribution in [0.1, 0.15) is 35.5 Å². The van der Waals surface area contributed by atoms with Crippen LogP contribution in [0.5, 0.6) is 0 Å². The summed E-state index contributed by atoms with van der Waals surface area (Å²) in [5.74, 6) is 0.848. The van der Waals surface area contributed by atoms with Crippen molar-refractivity contribution in [1.29, 1.82) is 0 Å². The molecule has 27 heavy (non-hydrogen) atoms. The predicted molar refractivity (Wildman–Crippen MR) is 112 cm³/mol. The molecule has 0 bridgehead atoms. The van der Waals surface area contributed by atoms with E-state index in [2.05, 4.69) is 39.7 Å². The molecule has 0 unspecified atom stereocenters. The highest BCUT2D eigenvalue weighted by molar-refractivity contribution is 9.10. The lowest BCUT2D eigenvalue weighted by molar-refractivity contribution is 0.0720. The number of hydrogen-bond acceptors (Lipinski definition) is 4. The van der Waals surface area contributed by atoms with Crippen molar-refractivity contribution < 1.29 is 4.79 Å². The lowest BCUT2D eigenvalue weighted by Gasteiger charge is -2.25. The van der Waals surface area contributed by atoms with Gasteiger partial charge in [-0.1, -0.05) is 13.8 Å². The number of amides is 1. The summed E-state index contributed by atoms with van der Waals surface area (Å²) in [6.07, 6.45) is 1.74. The number of fused-ring (bicyclic) bond motifs is 1. The molecule has 0 spiro atoms. The number of halogens is 1. The van der Waals surface area contributed by atoms with Crippen molar-refractivity contribution in [2.45, 2.75) is 27.3 Å². The average Bonchev–Trinajstić information content (AvgIpc) is 2.62. The van der Waals surface area contributed by atoms with Gasteiger partial charge in [0, 0.05) is 28.2 Å². The first-order valence-electron chi connectivity index (χ1n) is 8.90. The number of benzene rings is 1. The summed E-state index contributed by atoms with van der Waals surface area (Å²) >= 11 is 3.52. The number of nitrogens with zero attached hydrogens (tertiary/aromatic N) is 3. The molecule has 140 valence electrons. The van der Waals surface area contributed by atoms with E-state index in [0.717, 1.165) is 26.6 Å². The van der Waals surface area contributed by atoms with Gasteiger partial charge in [-0.15, -0.1) is 0 Å². The number of nitrogen functional groups attached to an aromatic ring is 1. The molecular weight excluding hydrogens is 404 g/mol. The van der Waals surface area contributed by atoms with Crippen LogP contribution in [0.4, 0.5) is 5.82 Å². The number of hydrogen-bond donors (Lipinski definition) is 1. The lowest BCUT2D eigenvalue weighted by atomic mass is 10.1. The van der Waals surface area contributed by atoms with Crippen LogP contribution < -0.4 is 5.73 Å². The van der Waals surface area contributed by atoms with Crippen molar-refractivity contribution in [3.63, 3.8) is 0 Å². The fourth-order valence-electron chi connectivity index (χ4n) is 2.99. The quantitative estimate of drug-likeness (QED) is 0.647. The molecule has 2 N–H and O–H groups in total. The van der Waals surface area contributed by atoms with Gasteiger partial charge in [0.05, 0.1) is 17.8 Å². The minimum absolute atomic E-state index is 0.0161. The molecule has 0 atom stereocenters. The van der Waals surface area contributed by atoms with Crippen LogP contribution in [0.3, 0.4) is 0 Å². The lowest BCUT2D eigenvalue weighted by Crippen LogP contribution is -2.34. The number of nitrogens with two attached hydrogens (primary N) is 1. The summed E-state index contributed by atoms with van der Waals surface area (Å²) in [4.78, 5) is 23.9. The Morgan fingerprint density at radius 3 is 2.74 bits per heavy atom. The van der Waals surface area contributed by atoms with E-state index >= 15 is 0 Å². The SMILES string of the molecule is Cc1cc2cc(C(=O)N(Cc3ncccc3Br)CC(C)C)ccc2nc1N. The van der Waals surface area contributed by atoms with Gasteiger partial charge in [0.2, 0.25) is 0 Å². The third-order valence-electron chi connectivity index (χ3n) is 4.34. The molecule has 0 aliphatic heterocycles. The summed E-state index contributed by atoms with van der Waals surface area (Å²) in [7, 11) is 0. The number of carbonyl (C=O) groups is 1. The summed E-state index contributed by atoms with van der Waals surface area (Å²) in [5.41, 5.74) is 9.07. The Balaban J connectivity index is 1.94. The van der Waals surface area contributed by atoms with E-state index in [1.165, 1.54) is 0 Å². The average molecular weight is 427 g/mol. The Hall–Kier alpha value is -2.47. The highest BCUT2D eigenvalue weighted by atomic mass is 79.9. The van der Waals surface area contributed by atoms with Crippen molar-refractivity contribution in [2.24, 2.45) is 5.92 Å². The zero-order chi connectivity index (χ0) is 19.6. The van der Waals surface area contributed by atoms with E-state index in [9.17, 15) is 4.79 Å². The number of aryl methyl sites for hydroxylation is 1. The van der Waals surface area contributed by atoms with Gasteiger partial charge in [-0.2, -0.15) is 0 Å². The second-order valence-corrected chi connectivity index (χ2v) is 7.96. The van der Waals surface area contributed by atoms with E-state index in [1.807, 2.05) is 48.2 Å². The van der Waals surface area contributed by atoms with E-state index in [-0.39, 0.29) is 5.91 Å². The Labute approximate surface area is 167 Å². The molecule has 0 saturated carbocycles. The largest absolute Gasteiger partial charge is 0.383 e. The third-order valence-corrected chi connectivity index (χ3v) is 5.06. The number of carbonyl (C=O) groups excluding carboxylic acids is 1. The number of pyridine rings is 2. The van der Waals surface area contributed by atoms with Crippen LogP contribution in [0.15, 0.2) is 47.1 Å². The van der Waals surface area contributed by atoms with E-state index < -0.39 is 0 Å². The third kappa shape index (κ3) is 4.45. The first-order chi connectivity index (χ1) is 12.8. The van der Waals surface area contributed by atoms with E-state index in [0.29, 0.717) is 30.4 Å². The molecule has 1 amide bonds. The maximum atomic E-state index is 13.2. The van der Waals surface area contributed by atoms with Crippen LogP contribution >= 0.6 is 15.9 Å². The fraction of sp³-hybridized carbons (Fsp3) is 0.286. The highest BCUT2D eigenvalue weighted by Gasteiger charge is 2.19. The van der Waals surface area contributed by atoms with E-state index in [1.54, 1.807) is 6.20 Å². The number of anilines is 1. The first-order valence-corrected chi connectivity index (χ1v) is 9.70. The van der Waals surface area contributed by atoms with Gasteiger partial charge in [0.25, 0.3) is 5.91 Å². The standard InChI is InChI=1S/C21H23BrN4O/c1-13(2)11-26(12-19-17(22)5-4-8-24-19)21(27)15-6-7-18-16(10-15)9-14(3)20(23)25-18/h4-10,13H,11-12H2,1-3H3,(H2,23,25). The summed E-state index contributed by atoms with van der Waals surface area (Å²) in [6, 6.07) is 11.3. The van der Waals surface area contributed by atoms with Crippen molar-refractivity contribution >= 4 is 38.6 Å². The van der Waals surface area contributed by atoms with Crippen molar-refractivity contribution in [3.05, 3.63) is 63.9 Å². The van der Waals surface area contributed by atoms with Gasteiger partial charge in [-0.25, -0.2) is 4.98 Å². The van der Waals surface area contributed by atoms with Crippen LogP contribution in [-0.2, 0) is 6.54 Å². The molecule has 0 saturated heterocycles. The minimum Gasteiger partial charge on any atom is -0.383 e. The van der Waals surface area contributed by atoms with Gasteiger partial charge >= 0.3 is 0 Å². The van der Waals surface area contributed by atoms with Crippen LogP contribution in [-0.4, -0.2) is 27.3 Å². The molecule has 3 aromatic rings. The topological polar surface area (TPSA) is 72.1 Å².